The Balaban J connectivity index is 2.20. The molecule has 1 rings (SSSR count). The molecule has 0 aliphatic heterocycles. The molecule has 0 bridgehead atoms. The fourth-order valence-electron chi connectivity index (χ4n) is 2.56. The van der Waals surface area contributed by atoms with Crippen LogP contribution < -0.4 is 0 Å². The summed E-state index contributed by atoms with van der Waals surface area (Å²) in [6, 6.07) is 8.32. The maximum atomic E-state index is 5.94. The van der Waals surface area contributed by atoms with E-state index in [0.717, 1.165) is 5.02 Å². The summed E-state index contributed by atoms with van der Waals surface area (Å²) in [4.78, 5) is 0. The van der Waals surface area contributed by atoms with Crippen molar-refractivity contribution in [1.29, 1.82) is 0 Å². The summed E-state index contributed by atoms with van der Waals surface area (Å²) >= 11 is 5.94. The normalized spacial score (nSPS) is 12.6. The highest BCUT2D eigenvalue weighted by Crippen LogP contribution is 2.26. The molecule has 0 spiro atoms. The maximum absolute atomic E-state index is 5.94. The summed E-state index contributed by atoms with van der Waals surface area (Å²) in [5.41, 5.74) is 1.40. The topological polar surface area (TPSA) is 0 Å². The second-order valence-electron chi connectivity index (χ2n) is 5.40. The van der Waals surface area contributed by atoms with Crippen LogP contribution in [0.4, 0.5) is 0 Å². The predicted octanol–water partition coefficient (Wildman–Crippen LogP) is 6.79. The molecule has 0 nitrogen and oxygen atoms in total. The molecule has 19 heavy (non-hydrogen) atoms. The van der Waals surface area contributed by atoms with Crippen molar-refractivity contribution in [3.63, 3.8) is 0 Å². The molecule has 0 aromatic heterocycles. The van der Waals surface area contributed by atoms with Crippen LogP contribution in [-0.2, 0) is 0 Å². The Kier molecular flexibility index (Phi) is 8.99. The third-order valence-electron chi connectivity index (χ3n) is 3.82. The molecule has 0 heterocycles. The van der Waals surface area contributed by atoms with Crippen LogP contribution in [0, 0.1) is 6.42 Å². The lowest BCUT2D eigenvalue weighted by Crippen LogP contribution is -1.98. The van der Waals surface area contributed by atoms with Gasteiger partial charge in [-0.25, -0.2) is 0 Å². The van der Waals surface area contributed by atoms with Gasteiger partial charge >= 0.3 is 0 Å². The van der Waals surface area contributed by atoms with E-state index >= 15 is 0 Å². The van der Waals surface area contributed by atoms with Crippen molar-refractivity contribution in [3.05, 3.63) is 41.3 Å². The third kappa shape index (κ3) is 7.01. The van der Waals surface area contributed by atoms with Crippen LogP contribution in [0.15, 0.2) is 24.3 Å². The number of hydrogen-bond donors (Lipinski definition) is 0. The second kappa shape index (κ2) is 10.3. The van der Waals surface area contributed by atoms with Crippen molar-refractivity contribution in [2.45, 2.75) is 71.1 Å². The summed E-state index contributed by atoms with van der Waals surface area (Å²) in [6.45, 7) is 4.44. The van der Waals surface area contributed by atoms with Crippen LogP contribution >= 0.6 is 11.6 Å². The van der Waals surface area contributed by atoms with Crippen molar-refractivity contribution >= 4 is 11.6 Å². The van der Waals surface area contributed by atoms with Gasteiger partial charge in [-0.1, -0.05) is 82.5 Å². The van der Waals surface area contributed by atoms with Gasteiger partial charge in [0.2, 0.25) is 0 Å². The molecule has 1 atom stereocenters. The van der Waals surface area contributed by atoms with E-state index in [-0.39, 0.29) is 0 Å². The van der Waals surface area contributed by atoms with Gasteiger partial charge in [0.25, 0.3) is 0 Å². The van der Waals surface area contributed by atoms with Crippen molar-refractivity contribution in [1.82, 2.24) is 0 Å². The van der Waals surface area contributed by atoms with Gasteiger partial charge in [-0.15, -0.1) is 0 Å². The molecular weight excluding hydrogens is 252 g/mol. The molecule has 1 heteroatoms. The SMILES string of the molecule is C[CH]C(CCCCCCCCC)c1ccc(Cl)cc1. The van der Waals surface area contributed by atoms with Gasteiger partial charge in [0.1, 0.15) is 0 Å². The first-order chi connectivity index (χ1) is 9.27. The Morgan fingerprint density at radius 3 is 2.11 bits per heavy atom. The molecule has 0 N–H and O–H groups in total. The maximum Gasteiger partial charge on any atom is 0.0406 e. The average molecular weight is 280 g/mol. The minimum absolute atomic E-state index is 0.591. The second-order valence-corrected chi connectivity index (χ2v) is 5.84. The minimum Gasteiger partial charge on any atom is -0.0843 e. The fourth-order valence-corrected chi connectivity index (χ4v) is 2.68. The van der Waals surface area contributed by atoms with Crippen molar-refractivity contribution in [2.75, 3.05) is 0 Å². The number of benzene rings is 1. The Morgan fingerprint density at radius 1 is 0.947 bits per heavy atom. The van der Waals surface area contributed by atoms with Crippen LogP contribution in [0.5, 0.6) is 0 Å². The van der Waals surface area contributed by atoms with E-state index in [1.807, 2.05) is 12.1 Å². The molecule has 0 aliphatic rings. The van der Waals surface area contributed by atoms with Crippen LogP contribution in [0.3, 0.4) is 0 Å². The first-order valence-electron chi connectivity index (χ1n) is 7.83. The lowest BCUT2D eigenvalue weighted by atomic mass is 9.91. The van der Waals surface area contributed by atoms with E-state index in [2.05, 4.69) is 32.4 Å². The molecule has 0 saturated heterocycles. The summed E-state index contributed by atoms with van der Waals surface area (Å²) in [5.74, 6) is 0.591. The van der Waals surface area contributed by atoms with Crippen molar-refractivity contribution in [2.24, 2.45) is 0 Å². The molecule has 107 valence electrons. The highest BCUT2D eigenvalue weighted by Gasteiger charge is 2.08. The Labute approximate surface area is 124 Å². The molecule has 0 saturated carbocycles. The lowest BCUT2D eigenvalue weighted by molar-refractivity contribution is 0.555. The fraction of sp³-hybridized carbons (Fsp3) is 0.611. The van der Waals surface area contributed by atoms with Crippen molar-refractivity contribution < 1.29 is 0 Å². The van der Waals surface area contributed by atoms with Gasteiger partial charge < -0.3 is 0 Å². The molecular formula is C18H28Cl. The van der Waals surface area contributed by atoms with Crippen LogP contribution in [0.25, 0.3) is 0 Å². The smallest absolute Gasteiger partial charge is 0.0406 e. The van der Waals surface area contributed by atoms with Gasteiger partial charge in [0, 0.05) is 5.02 Å². The Bertz CT molecular complexity index is 315. The first kappa shape index (κ1) is 16.6. The van der Waals surface area contributed by atoms with Crippen LogP contribution in [0.2, 0.25) is 5.02 Å². The van der Waals surface area contributed by atoms with Gasteiger partial charge in [-0.3, -0.25) is 0 Å². The standard InChI is InChI=1S/C18H28Cl/c1-3-5-6-7-8-9-10-11-16(4-2)17-12-14-18(19)15-13-17/h4,12-16H,3,5-11H2,1-2H3. The van der Waals surface area contributed by atoms with E-state index in [4.69, 9.17) is 11.6 Å². The summed E-state index contributed by atoms with van der Waals surface area (Å²) < 4.78 is 0. The summed E-state index contributed by atoms with van der Waals surface area (Å²) in [5, 5.41) is 0.828. The average Bonchev–Trinajstić information content (AvgIpc) is 2.43. The highest BCUT2D eigenvalue weighted by molar-refractivity contribution is 6.30. The first-order valence-corrected chi connectivity index (χ1v) is 8.20. The summed E-state index contributed by atoms with van der Waals surface area (Å²) in [6.07, 6.45) is 13.3. The molecule has 0 amide bonds. The highest BCUT2D eigenvalue weighted by atomic mass is 35.5. The van der Waals surface area contributed by atoms with Crippen LogP contribution in [0.1, 0.15) is 76.7 Å². The van der Waals surface area contributed by atoms with E-state index < -0.39 is 0 Å². The zero-order chi connectivity index (χ0) is 13.9. The number of hydrogen-bond acceptors (Lipinski definition) is 0. The molecule has 1 aromatic carbocycles. The Morgan fingerprint density at radius 2 is 1.53 bits per heavy atom. The molecule has 1 radical (unpaired) electrons. The molecule has 0 fully saturated rings. The number of unbranched alkanes of at least 4 members (excludes halogenated alkanes) is 6. The van der Waals surface area contributed by atoms with Crippen LogP contribution in [-0.4, -0.2) is 0 Å². The van der Waals surface area contributed by atoms with E-state index in [1.165, 1.54) is 56.9 Å². The van der Waals surface area contributed by atoms with E-state index in [1.54, 1.807) is 0 Å². The quantitative estimate of drug-likeness (QED) is 0.414. The molecule has 1 unspecified atom stereocenters. The molecule has 0 aliphatic carbocycles. The van der Waals surface area contributed by atoms with Gasteiger partial charge in [-0.2, -0.15) is 0 Å². The van der Waals surface area contributed by atoms with Gasteiger partial charge in [-0.05, 0) is 36.5 Å². The summed E-state index contributed by atoms with van der Waals surface area (Å²) in [7, 11) is 0. The minimum atomic E-state index is 0.591. The van der Waals surface area contributed by atoms with E-state index in [9.17, 15) is 0 Å². The largest absolute Gasteiger partial charge is 0.0843 e. The predicted molar refractivity (Wildman–Crippen MR) is 86.8 cm³/mol. The Hall–Kier alpha value is -0.490. The zero-order valence-electron chi connectivity index (χ0n) is 12.5. The van der Waals surface area contributed by atoms with Crippen molar-refractivity contribution in [3.8, 4) is 0 Å². The lowest BCUT2D eigenvalue weighted by Gasteiger charge is -2.15. The van der Waals surface area contributed by atoms with Gasteiger partial charge in [0.15, 0.2) is 0 Å². The number of halogens is 1. The monoisotopic (exact) mass is 279 g/mol. The third-order valence-corrected chi connectivity index (χ3v) is 4.07. The molecule has 1 aromatic rings. The van der Waals surface area contributed by atoms with Gasteiger partial charge in [0.05, 0.1) is 0 Å². The number of rotatable bonds is 10. The van der Waals surface area contributed by atoms with E-state index in [0.29, 0.717) is 5.92 Å². The zero-order valence-corrected chi connectivity index (χ0v) is 13.3.